The maximum atomic E-state index is 11.9. The molecule has 1 N–H and O–H groups in total. The van der Waals surface area contributed by atoms with Crippen molar-refractivity contribution in [1.29, 1.82) is 0 Å². The minimum absolute atomic E-state index is 0.152. The van der Waals surface area contributed by atoms with E-state index in [0.29, 0.717) is 6.54 Å². The van der Waals surface area contributed by atoms with Crippen LogP contribution in [0, 0.1) is 11.8 Å². The van der Waals surface area contributed by atoms with Gasteiger partial charge in [0.1, 0.15) is 12.9 Å². The van der Waals surface area contributed by atoms with Gasteiger partial charge in [-0.05, 0) is 14.0 Å². The lowest BCUT2D eigenvalue weighted by atomic mass is 10.5. The smallest absolute Gasteiger partial charge is 0.261 e. The number of nitrogens with one attached hydrogen (secondary N) is 1. The van der Waals surface area contributed by atoms with Gasteiger partial charge >= 0.3 is 0 Å². The summed E-state index contributed by atoms with van der Waals surface area (Å²) < 4.78 is 32.9. The van der Waals surface area contributed by atoms with Gasteiger partial charge < -0.3 is 4.74 Å². The zero-order valence-corrected chi connectivity index (χ0v) is 11.6. The van der Waals surface area contributed by atoms with Crippen molar-refractivity contribution < 1.29 is 13.2 Å². The van der Waals surface area contributed by atoms with Gasteiger partial charge in [0.2, 0.25) is 5.03 Å². The Labute approximate surface area is 115 Å². The molecule has 2 aliphatic rings. The van der Waals surface area contributed by atoms with Crippen LogP contribution in [0.15, 0.2) is 21.7 Å². The zero-order chi connectivity index (χ0) is 14.3. The van der Waals surface area contributed by atoms with Gasteiger partial charge in [0.05, 0.1) is 0 Å². The van der Waals surface area contributed by atoms with Gasteiger partial charge in [-0.1, -0.05) is 11.1 Å². The van der Waals surface area contributed by atoms with Crippen molar-refractivity contribution in [3.63, 3.8) is 0 Å². The fourth-order valence-corrected chi connectivity index (χ4v) is 2.62. The quantitative estimate of drug-likeness (QED) is 0.623. The number of fused-ring (bicyclic) bond motifs is 3. The van der Waals surface area contributed by atoms with E-state index in [1.165, 1.54) is 13.4 Å². The molecule has 106 valence electrons. The average Bonchev–Trinajstić information content (AvgIpc) is 3.12. The van der Waals surface area contributed by atoms with Crippen LogP contribution < -0.4 is 4.72 Å². The highest BCUT2D eigenvalue weighted by Crippen LogP contribution is 2.43. The molecular weight excluding hydrogens is 284 g/mol. The second kappa shape index (κ2) is 4.55. The lowest BCUT2D eigenvalue weighted by Gasteiger charge is -2.08. The Bertz CT molecular complexity index is 728. The summed E-state index contributed by atoms with van der Waals surface area (Å²) in [5.41, 5.74) is 0. The van der Waals surface area contributed by atoms with Crippen molar-refractivity contribution in [1.82, 2.24) is 19.3 Å². The summed E-state index contributed by atoms with van der Waals surface area (Å²) in [7, 11) is -2.38. The third-order valence-corrected chi connectivity index (χ3v) is 4.28. The van der Waals surface area contributed by atoms with E-state index >= 15 is 0 Å². The number of nitrogens with zero attached hydrogens (tertiary/aromatic N) is 5. The number of hydrogen-bond acceptors (Lipinski definition) is 7. The summed E-state index contributed by atoms with van der Waals surface area (Å²) in [5, 5.41) is 9.35. The maximum absolute atomic E-state index is 11.9. The number of sulfonamides is 1. The molecule has 1 aromatic heterocycles. The molecule has 0 spiro atoms. The Morgan fingerprint density at radius 1 is 1.50 bits per heavy atom. The first-order valence-electron chi connectivity index (χ1n) is 5.82. The molecule has 3 rings (SSSR count). The molecule has 0 radical (unpaired) electrons. The Morgan fingerprint density at radius 3 is 3.00 bits per heavy atom. The third kappa shape index (κ3) is 1.96. The van der Waals surface area contributed by atoms with Crippen LogP contribution in [-0.4, -0.2) is 42.8 Å². The normalized spacial score (nSPS) is 23.4. The average molecular weight is 296 g/mol. The number of epoxide rings is 1. The Morgan fingerprint density at radius 2 is 2.30 bits per heavy atom. The summed E-state index contributed by atoms with van der Waals surface area (Å²) >= 11 is 0. The molecule has 1 fully saturated rings. The maximum Gasteiger partial charge on any atom is 0.261 e. The molecule has 0 amide bonds. The van der Waals surface area contributed by atoms with Crippen LogP contribution in [-0.2, 0) is 14.8 Å². The second-order valence-electron chi connectivity index (χ2n) is 4.12. The van der Waals surface area contributed by atoms with E-state index in [4.69, 9.17) is 4.74 Å². The standard InChI is InChI=1S/C10H12N6O3S/c1-3-4-5-16-10-9(19-10)15-6-12-8(7(15)13-14-16)20(17,18)11-2/h6,9-11H,5H2,1-2H3. The molecule has 1 aromatic rings. The predicted octanol–water partition coefficient (Wildman–Crippen LogP) is -0.0163. The van der Waals surface area contributed by atoms with E-state index in [2.05, 4.69) is 31.9 Å². The van der Waals surface area contributed by atoms with E-state index in [1.54, 1.807) is 16.5 Å². The highest BCUT2D eigenvalue weighted by Gasteiger charge is 2.49. The number of aromatic nitrogens is 2. The van der Waals surface area contributed by atoms with Gasteiger partial charge in [0, 0.05) is 0 Å². The Hall–Kier alpha value is -1.96. The van der Waals surface area contributed by atoms with Gasteiger partial charge in [0.25, 0.3) is 10.0 Å². The van der Waals surface area contributed by atoms with Crippen LogP contribution in [0.4, 0.5) is 5.82 Å². The van der Waals surface area contributed by atoms with Gasteiger partial charge in [-0.2, -0.15) is 0 Å². The van der Waals surface area contributed by atoms with Crippen LogP contribution in [0.1, 0.15) is 13.2 Å². The summed E-state index contributed by atoms with van der Waals surface area (Å²) in [6.45, 7) is 2.10. The first-order chi connectivity index (χ1) is 9.58. The molecule has 2 aliphatic heterocycles. The third-order valence-electron chi connectivity index (χ3n) is 2.94. The molecule has 0 aliphatic carbocycles. The fourth-order valence-electron chi connectivity index (χ4n) is 1.85. The topological polar surface area (TPSA) is 104 Å². The summed E-state index contributed by atoms with van der Waals surface area (Å²) in [5.74, 6) is 5.78. The second-order valence-corrected chi connectivity index (χ2v) is 5.92. The molecule has 0 bridgehead atoms. The van der Waals surface area contributed by atoms with E-state index < -0.39 is 10.0 Å². The van der Waals surface area contributed by atoms with Crippen LogP contribution >= 0.6 is 0 Å². The van der Waals surface area contributed by atoms with Crippen LogP contribution in [0.3, 0.4) is 0 Å². The molecule has 2 unspecified atom stereocenters. The van der Waals surface area contributed by atoms with E-state index in [0.717, 1.165) is 0 Å². The Balaban J connectivity index is 2.00. The van der Waals surface area contributed by atoms with E-state index in [9.17, 15) is 8.42 Å². The number of ether oxygens (including phenoxy) is 1. The van der Waals surface area contributed by atoms with Crippen LogP contribution in [0.25, 0.3) is 0 Å². The Kier molecular flexibility index (Phi) is 2.97. The lowest BCUT2D eigenvalue weighted by molar-refractivity contribution is 0.186. The van der Waals surface area contributed by atoms with Crippen molar-refractivity contribution in [2.75, 3.05) is 13.6 Å². The predicted molar refractivity (Wildman–Crippen MR) is 67.1 cm³/mol. The van der Waals surface area contributed by atoms with Crippen molar-refractivity contribution in [2.45, 2.75) is 24.4 Å². The SMILES string of the molecule is CC#CCN1N=Nc2c(S(=O)(=O)NC)ncn2C2OC21. The summed E-state index contributed by atoms with van der Waals surface area (Å²) in [4.78, 5) is 3.88. The lowest BCUT2D eigenvalue weighted by Crippen LogP contribution is -2.21. The molecule has 9 nitrogen and oxygen atoms in total. The van der Waals surface area contributed by atoms with Gasteiger partial charge in [0.15, 0.2) is 18.3 Å². The number of hydrogen-bond donors (Lipinski definition) is 1. The monoisotopic (exact) mass is 296 g/mol. The number of rotatable bonds is 3. The number of imidazole rings is 1. The summed E-state index contributed by atoms with van der Waals surface area (Å²) in [6.07, 6.45) is 0.755. The summed E-state index contributed by atoms with van der Waals surface area (Å²) in [6, 6.07) is 0. The van der Waals surface area contributed by atoms with E-state index in [1.807, 2.05) is 0 Å². The molecule has 2 atom stereocenters. The van der Waals surface area contributed by atoms with Gasteiger partial charge in [-0.25, -0.2) is 23.1 Å². The van der Waals surface area contributed by atoms with Crippen LogP contribution in [0.2, 0.25) is 0 Å². The molecule has 1 saturated heterocycles. The van der Waals surface area contributed by atoms with Gasteiger partial charge in [-0.15, -0.1) is 11.0 Å². The highest BCUT2D eigenvalue weighted by atomic mass is 32.2. The molecular formula is C10H12N6O3S. The first kappa shape index (κ1) is 13.0. The molecule has 0 saturated carbocycles. The van der Waals surface area contributed by atoms with Gasteiger partial charge in [-0.3, -0.25) is 4.57 Å². The van der Waals surface area contributed by atoms with Crippen LogP contribution in [0.5, 0.6) is 0 Å². The van der Waals surface area contributed by atoms with Crippen molar-refractivity contribution in [3.8, 4) is 11.8 Å². The molecule has 0 aromatic carbocycles. The molecule has 20 heavy (non-hydrogen) atoms. The van der Waals surface area contributed by atoms with E-state index in [-0.39, 0.29) is 23.3 Å². The first-order valence-corrected chi connectivity index (χ1v) is 7.30. The molecule has 3 heterocycles. The largest absolute Gasteiger partial charge is 0.323 e. The molecule has 10 heteroatoms. The van der Waals surface area contributed by atoms with Crippen molar-refractivity contribution >= 4 is 15.8 Å². The van der Waals surface area contributed by atoms with Crippen molar-refractivity contribution in [2.24, 2.45) is 10.3 Å². The minimum Gasteiger partial charge on any atom is -0.323 e. The zero-order valence-electron chi connectivity index (χ0n) is 10.8. The van der Waals surface area contributed by atoms with Crippen molar-refractivity contribution in [3.05, 3.63) is 6.33 Å². The minimum atomic E-state index is -3.69. The fraction of sp³-hybridized carbons (Fsp3) is 0.500. The highest BCUT2D eigenvalue weighted by molar-refractivity contribution is 7.89.